The van der Waals surface area contributed by atoms with Crippen LogP contribution in [0.2, 0.25) is 0 Å². The predicted octanol–water partition coefficient (Wildman–Crippen LogP) is 3.83. The van der Waals surface area contributed by atoms with Crippen molar-refractivity contribution < 1.29 is 18.6 Å². The topological polar surface area (TPSA) is 97.1 Å². The van der Waals surface area contributed by atoms with Crippen molar-refractivity contribution in [2.24, 2.45) is 0 Å². The Hall–Kier alpha value is -2.85. The zero-order valence-electron chi connectivity index (χ0n) is 17.8. The highest BCUT2D eigenvalue weighted by molar-refractivity contribution is 5.77. The van der Waals surface area contributed by atoms with E-state index in [0.29, 0.717) is 41.8 Å². The van der Waals surface area contributed by atoms with Gasteiger partial charge in [0.2, 0.25) is 11.9 Å². The Balaban J connectivity index is 1.51. The van der Waals surface area contributed by atoms with Crippen molar-refractivity contribution in [1.29, 1.82) is 0 Å². The van der Waals surface area contributed by atoms with Crippen LogP contribution < -0.4 is 10.6 Å². The second kappa shape index (κ2) is 8.59. The number of imidazole rings is 1. The summed E-state index contributed by atoms with van der Waals surface area (Å²) in [4.78, 5) is 13.7. The highest BCUT2D eigenvalue weighted by Crippen LogP contribution is 2.32. The highest BCUT2D eigenvalue weighted by Gasteiger charge is 2.26. The molecule has 1 atom stereocenters. The van der Waals surface area contributed by atoms with Gasteiger partial charge in [-0.1, -0.05) is 0 Å². The van der Waals surface area contributed by atoms with Crippen LogP contribution >= 0.6 is 0 Å². The van der Waals surface area contributed by atoms with Crippen LogP contribution in [0.1, 0.15) is 43.7 Å². The summed E-state index contributed by atoms with van der Waals surface area (Å²) in [5.74, 6) is -0.400. The molecule has 0 bridgehead atoms. The number of anilines is 3. The van der Waals surface area contributed by atoms with E-state index in [0.717, 1.165) is 38.2 Å². The molecule has 8 nitrogen and oxygen atoms in total. The van der Waals surface area contributed by atoms with Crippen LogP contribution in [0.3, 0.4) is 0 Å². The first-order chi connectivity index (χ1) is 15.5. The second-order valence-electron chi connectivity index (χ2n) is 8.58. The molecule has 1 aliphatic carbocycles. The average Bonchev–Trinajstić information content (AvgIpc) is 3.39. The number of fused-ring (bicyclic) bond motifs is 1. The molecule has 5 rings (SSSR count). The van der Waals surface area contributed by atoms with Gasteiger partial charge in [-0.25, -0.2) is 18.7 Å². The van der Waals surface area contributed by atoms with E-state index in [1.165, 1.54) is 6.07 Å². The number of aryl methyl sites for hydroxylation is 1. The molecule has 0 spiro atoms. The molecule has 0 radical (unpaired) electrons. The minimum Gasteiger partial charge on any atom is -0.393 e. The lowest BCUT2D eigenvalue weighted by molar-refractivity contribution is 0.126. The standard InChI is InChI=1S/C22H26F2N6O2/c1-12-8-13(23)9-17(24)19(12)28-22-27-18-10-25-21(26-14-2-4-16(31)5-3-14)29-20(18)30(22)15-6-7-32-11-15/h8-10,14-16,31H,2-7,11H2,1H3,(H,27,28)(H,25,26,29)/t14-,15-,16-/m0/s1/i21+2. The molecule has 10 heteroatoms. The third-order valence-corrected chi connectivity index (χ3v) is 6.22. The fourth-order valence-electron chi connectivity index (χ4n) is 4.50. The molecule has 3 heterocycles. The molecule has 2 aromatic heterocycles. The number of aromatic nitrogens is 4. The van der Waals surface area contributed by atoms with Gasteiger partial charge in [0.15, 0.2) is 5.65 Å². The molecule has 1 saturated heterocycles. The zero-order chi connectivity index (χ0) is 22.2. The molecule has 3 aromatic rings. The van der Waals surface area contributed by atoms with Gasteiger partial charge in [0.1, 0.15) is 17.2 Å². The Kier molecular flexibility index (Phi) is 5.64. The summed E-state index contributed by atoms with van der Waals surface area (Å²) >= 11 is 0. The molecule has 1 saturated carbocycles. The van der Waals surface area contributed by atoms with Crippen molar-refractivity contribution >= 4 is 28.7 Å². The Morgan fingerprint density at radius 3 is 2.72 bits per heavy atom. The summed E-state index contributed by atoms with van der Waals surface area (Å²) in [6.07, 6.45) is 5.42. The van der Waals surface area contributed by atoms with Crippen LogP contribution in [-0.2, 0) is 4.74 Å². The first-order valence-electron chi connectivity index (χ1n) is 11.0. The van der Waals surface area contributed by atoms with E-state index in [9.17, 15) is 13.9 Å². The number of rotatable bonds is 5. The van der Waals surface area contributed by atoms with E-state index in [-0.39, 0.29) is 23.9 Å². The van der Waals surface area contributed by atoms with Crippen molar-refractivity contribution in [3.8, 4) is 0 Å². The molecule has 1 aliphatic heterocycles. The Labute approximate surface area is 184 Å². The first kappa shape index (κ1) is 21.0. The monoisotopic (exact) mass is 446 g/mol. The molecule has 170 valence electrons. The molecular weight excluding hydrogens is 420 g/mol. The molecule has 1 aromatic carbocycles. The lowest BCUT2D eigenvalue weighted by atomic mass is 9.94. The minimum absolute atomic E-state index is 0.0149. The van der Waals surface area contributed by atoms with Crippen LogP contribution in [0.15, 0.2) is 18.3 Å². The Morgan fingerprint density at radius 1 is 1.19 bits per heavy atom. The van der Waals surface area contributed by atoms with E-state index < -0.39 is 11.6 Å². The number of nitrogens with one attached hydrogen (secondary N) is 2. The lowest BCUT2D eigenvalue weighted by Crippen LogP contribution is -2.29. The van der Waals surface area contributed by atoms with Gasteiger partial charge >= 0.3 is 0 Å². The number of hydrogen-bond acceptors (Lipinski definition) is 7. The van der Waals surface area contributed by atoms with Gasteiger partial charge < -0.3 is 20.5 Å². The first-order valence-corrected chi connectivity index (χ1v) is 11.0. The van der Waals surface area contributed by atoms with Crippen molar-refractivity contribution in [1.82, 2.24) is 19.5 Å². The fraction of sp³-hybridized carbons (Fsp3) is 0.500. The van der Waals surface area contributed by atoms with Crippen molar-refractivity contribution in [3.05, 3.63) is 35.5 Å². The van der Waals surface area contributed by atoms with Crippen LogP contribution in [0.4, 0.5) is 26.4 Å². The number of ether oxygens (including phenoxy) is 1. The van der Waals surface area contributed by atoms with Crippen LogP contribution in [0, 0.1) is 18.6 Å². The van der Waals surface area contributed by atoms with Gasteiger partial charge in [-0.3, -0.25) is 4.57 Å². The lowest BCUT2D eigenvalue weighted by Gasteiger charge is -2.26. The normalized spacial score (nSPS) is 23.6. The molecule has 32 heavy (non-hydrogen) atoms. The maximum atomic E-state index is 14.5. The van der Waals surface area contributed by atoms with E-state index in [1.54, 1.807) is 13.1 Å². The van der Waals surface area contributed by atoms with Crippen molar-refractivity contribution in [2.75, 3.05) is 23.8 Å². The molecule has 0 amide bonds. The second-order valence-corrected chi connectivity index (χ2v) is 8.58. The van der Waals surface area contributed by atoms with Crippen molar-refractivity contribution in [3.63, 3.8) is 0 Å². The van der Waals surface area contributed by atoms with Crippen LogP contribution in [-0.4, -0.2) is 50.0 Å². The van der Waals surface area contributed by atoms with E-state index >= 15 is 0 Å². The SMILES string of the molecule is Cc1cc(F)cc(F)c1Nc1nc2cn[14c](N[C@H]3CC[C@H](O)CC3)nc2n1[C@H]1CCOC1. The third-order valence-electron chi connectivity index (χ3n) is 6.22. The van der Waals surface area contributed by atoms with Gasteiger partial charge in [0, 0.05) is 18.7 Å². The van der Waals surface area contributed by atoms with E-state index in [1.807, 2.05) is 4.57 Å². The van der Waals surface area contributed by atoms with Crippen molar-refractivity contribution in [2.45, 2.75) is 57.2 Å². The van der Waals surface area contributed by atoms with E-state index in [4.69, 9.17) is 9.72 Å². The van der Waals surface area contributed by atoms with E-state index in [2.05, 4.69) is 20.6 Å². The average molecular weight is 446 g/mol. The largest absolute Gasteiger partial charge is 0.393 e. The summed E-state index contributed by atoms with van der Waals surface area (Å²) in [6, 6.07) is 2.32. The Bertz CT molecular complexity index is 1100. The smallest absolute Gasteiger partial charge is 0.224 e. The quantitative estimate of drug-likeness (QED) is 0.548. The number of aliphatic hydroxyl groups is 1. The molecular formula is C22H26F2N6O2. The molecule has 2 aliphatic rings. The Morgan fingerprint density at radius 2 is 2.00 bits per heavy atom. The number of aliphatic hydroxyl groups excluding tert-OH is 1. The van der Waals surface area contributed by atoms with Gasteiger partial charge in [0.05, 0.1) is 30.6 Å². The summed E-state index contributed by atoms with van der Waals surface area (Å²) < 4.78 is 35.5. The predicted molar refractivity (Wildman–Crippen MR) is 116 cm³/mol. The number of benzene rings is 1. The van der Waals surface area contributed by atoms with Gasteiger partial charge in [-0.15, -0.1) is 0 Å². The molecule has 2 fully saturated rings. The van der Waals surface area contributed by atoms with Crippen LogP contribution in [0.5, 0.6) is 0 Å². The number of hydrogen-bond donors (Lipinski definition) is 3. The number of nitrogens with zero attached hydrogens (tertiary/aromatic N) is 4. The van der Waals surface area contributed by atoms with Gasteiger partial charge in [0.25, 0.3) is 0 Å². The zero-order valence-corrected chi connectivity index (χ0v) is 17.8. The molecule has 3 N–H and O–H groups in total. The molecule has 0 unspecified atom stereocenters. The van der Waals surface area contributed by atoms with Crippen LogP contribution in [0.25, 0.3) is 11.2 Å². The summed E-state index contributed by atoms with van der Waals surface area (Å²) in [6.45, 7) is 2.76. The maximum Gasteiger partial charge on any atom is 0.224 e. The minimum atomic E-state index is -0.684. The number of halogens is 2. The third kappa shape index (κ3) is 4.12. The fourth-order valence-corrected chi connectivity index (χ4v) is 4.50. The van der Waals surface area contributed by atoms with Gasteiger partial charge in [-0.05, 0) is 50.7 Å². The summed E-state index contributed by atoms with van der Waals surface area (Å²) in [7, 11) is 0. The maximum absolute atomic E-state index is 14.5. The highest BCUT2D eigenvalue weighted by atomic mass is 19.1. The van der Waals surface area contributed by atoms with Gasteiger partial charge in [-0.2, -0.15) is 4.98 Å². The summed E-state index contributed by atoms with van der Waals surface area (Å²) in [5.41, 5.74) is 1.81. The summed E-state index contributed by atoms with van der Waals surface area (Å²) in [5, 5.41) is 16.1.